The molecule has 0 atom stereocenters. The highest BCUT2D eigenvalue weighted by Gasteiger charge is 2.13. The van der Waals surface area contributed by atoms with Crippen molar-refractivity contribution in [3.63, 3.8) is 0 Å². The average Bonchev–Trinajstić information content (AvgIpc) is 3.15. The number of rotatable bonds is 7. The topological polar surface area (TPSA) is 62.5 Å². The van der Waals surface area contributed by atoms with Crippen molar-refractivity contribution in [3.8, 4) is 0 Å². The molecule has 0 aliphatic carbocycles. The lowest BCUT2D eigenvalue weighted by atomic mass is 10.1. The first-order valence-corrected chi connectivity index (χ1v) is 9.08. The molecule has 7 heteroatoms. The molecule has 2 aromatic heterocycles. The van der Waals surface area contributed by atoms with Crippen molar-refractivity contribution in [2.45, 2.75) is 53.6 Å². The Morgan fingerprint density at radius 1 is 1.25 bits per heavy atom. The Labute approximate surface area is 165 Å². The quantitative estimate of drug-likeness (QED) is 0.371. The van der Waals surface area contributed by atoms with Crippen LogP contribution < -0.4 is 10.6 Å². The molecule has 0 spiro atoms. The number of aryl methyl sites for hydroxylation is 3. The summed E-state index contributed by atoms with van der Waals surface area (Å²) in [7, 11) is 0. The zero-order chi connectivity index (χ0) is 16.7. The standard InChI is InChI=1S/C17H26N4OS.HI/c1-5-14-13(15(6-2)22-21-14)10-19-17(18-7-3)20-11-16-12(4)8-9-23-16;/h8-9H,5-7,10-11H2,1-4H3,(H2,18,19,20);1H. The van der Waals surface area contributed by atoms with Crippen LogP contribution in [-0.4, -0.2) is 17.7 Å². The van der Waals surface area contributed by atoms with Crippen molar-refractivity contribution in [1.82, 2.24) is 15.8 Å². The molecule has 0 amide bonds. The van der Waals surface area contributed by atoms with Crippen molar-refractivity contribution in [2.75, 3.05) is 6.54 Å². The van der Waals surface area contributed by atoms with Gasteiger partial charge < -0.3 is 15.2 Å². The highest BCUT2D eigenvalue weighted by Crippen LogP contribution is 2.17. The van der Waals surface area contributed by atoms with Gasteiger partial charge in [0.05, 0.1) is 18.8 Å². The van der Waals surface area contributed by atoms with Gasteiger partial charge in [0.25, 0.3) is 0 Å². The Hall–Kier alpha value is -1.09. The first-order chi connectivity index (χ1) is 11.2. The minimum Gasteiger partial charge on any atom is -0.361 e. The second kappa shape index (κ2) is 10.7. The van der Waals surface area contributed by atoms with Gasteiger partial charge in [-0.15, -0.1) is 35.3 Å². The normalized spacial score (nSPS) is 11.2. The molecule has 0 unspecified atom stereocenters. The summed E-state index contributed by atoms with van der Waals surface area (Å²) >= 11 is 1.77. The average molecular weight is 462 g/mol. The van der Waals surface area contributed by atoms with Crippen molar-refractivity contribution >= 4 is 41.3 Å². The summed E-state index contributed by atoms with van der Waals surface area (Å²) in [4.78, 5) is 6.04. The van der Waals surface area contributed by atoms with E-state index in [4.69, 9.17) is 9.52 Å². The van der Waals surface area contributed by atoms with E-state index in [1.54, 1.807) is 11.3 Å². The Morgan fingerprint density at radius 2 is 2.04 bits per heavy atom. The van der Waals surface area contributed by atoms with Gasteiger partial charge in [0.15, 0.2) is 5.96 Å². The first-order valence-electron chi connectivity index (χ1n) is 8.20. The maximum Gasteiger partial charge on any atom is 0.191 e. The van der Waals surface area contributed by atoms with Crippen LogP contribution in [0.2, 0.25) is 0 Å². The summed E-state index contributed by atoms with van der Waals surface area (Å²) in [6, 6.07) is 2.14. The van der Waals surface area contributed by atoms with Crippen LogP contribution in [0, 0.1) is 6.92 Å². The third-order valence-corrected chi connectivity index (χ3v) is 4.75. The molecule has 2 aromatic rings. The van der Waals surface area contributed by atoms with Gasteiger partial charge in [0.1, 0.15) is 5.76 Å². The minimum absolute atomic E-state index is 0. The number of guanidine groups is 1. The Bertz CT molecular complexity index is 629. The lowest BCUT2D eigenvalue weighted by molar-refractivity contribution is 0.380. The van der Waals surface area contributed by atoms with E-state index in [1.807, 2.05) is 0 Å². The molecular formula is C17H27IN4OS. The maximum absolute atomic E-state index is 5.40. The van der Waals surface area contributed by atoms with Crippen LogP contribution in [0.3, 0.4) is 0 Å². The molecule has 0 aliphatic rings. The van der Waals surface area contributed by atoms with E-state index in [2.05, 4.69) is 54.9 Å². The van der Waals surface area contributed by atoms with Gasteiger partial charge in [-0.3, -0.25) is 0 Å². The Kier molecular flexibility index (Phi) is 9.35. The van der Waals surface area contributed by atoms with Crippen LogP contribution in [-0.2, 0) is 25.9 Å². The lowest BCUT2D eigenvalue weighted by Crippen LogP contribution is -2.36. The summed E-state index contributed by atoms with van der Waals surface area (Å²) in [5.74, 6) is 1.76. The van der Waals surface area contributed by atoms with Crippen LogP contribution in [0.25, 0.3) is 0 Å². The molecule has 0 saturated heterocycles. The number of nitrogens with one attached hydrogen (secondary N) is 2. The molecule has 2 rings (SSSR count). The summed E-state index contributed by atoms with van der Waals surface area (Å²) in [6.45, 7) is 10.6. The second-order valence-electron chi connectivity index (χ2n) is 5.31. The molecule has 0 fully saturated rings. The molecule has 24 heavy (non-hydrogen) atoms. The molecule has 2 heterocycles. The first kappa shape index (κ1) is 21.0. The van der Waals surface area contributed by atoms with E-state index < -0.39 is 0 Å². The van der Waals surface area contributed by atoms with Gasteiger partial charge in [0, 0.05) is 23.4 Å². The number of thiophene rings is 1. The smallest absolute Gasteiger partial charge is 0.191 e. The predicted molar refractivity (Wildman–Crippen MR) is 111 cm³/mol. The van der Waals surface area contributed by atoms with E-state index >= 15 is 0 Å². The summed E-state index contributed by atoms with van der Waals surface area (Å²) in [5.41, 5.74) is 3.45. The van der Waals surface area contributed by atoms with Gasteiger partial charge in [-0.1, -0.05) is 19.0 Å². The van der Waals surface area contributed by atoms with E-state index in [9.17, 15) is 0 Å². The van der Waals surface area contributed by atoms with Crippen LogP contribution in [0.15, 0.2) is 21.0 Å². The number of aromatic nitrogens is 1. The van der Waals surface area contributed by atoms with E-state index in [0.717, 1.165) is 48.9 Å². The van der Waals surface area contributed by atoms with E-state index in [1.165, 1.54) is 10.4 Å². The fourth-order valence-corrected chi connectivity index (χ4v) is 3.21. The van der Waals surface area contributed by atoms with Crippen molar-refractivity contribution < 1.29 is 4.52 Å². The fraction of sp³-hybridized carbons (Fsp3) is 0.529. The third kappa shape index (κ3) is 5.47. The highest BCUT2D eigenvalue weighted by atomic mass is 127. The third-order valence-electron chi connectivity index (χ3n) is 3.73. The molecule has 0 aliphatic heterocycles. The van der Waals surface area contributed by atoms with Crippen LogP contribution in [0.4, 0.5) is 0 Å². The van der Waals surface area contributed by atoms with E-state index in [0.29, 0.717) is 6.54 Å². The number of halogens is 1. The summed E-state index contributed by atoms with van der Waals surface area (Å²) < 4.78 is 5.40. The summed E-state index contributed by atoms with van der Waals surface area (Å²) in [5, 5.41) is 13.0. The van der Waals surface area contributed by atoms with Gasteiger partial charge in [-0.05, 0) is 37.3 Å². The largest absolute Gasteiger partial charge is 0.361 e. The van der Waals surface area contributed by atoms with Gasteiger partial charge >= 0.3 is 0 Å². The van der Waals surface area contributed by atoms with Gasteiger partial charge in [-0.25, -0.2) is 4.99 Å². The van der Waals surface area contributed by atoms with Gasteiger partial charge in [0.2, 0.25) is 0 Å². The monoisotopic (exact) mass is 462 g/mol. The maximum atomic E-state index is 5.40. The lowest BCUT2D eigenvalue weighted by Gasteiger charge is -2.11. The van der Waals surface area contributed by atoms with E-state index in [-0.39, 0.29) is 24.0 Å². The predicted octanol–water partition coefficient (Wildman–Crippen LogP) is 4.04. The molecule has 134 valence electrons. The molecular weight excluding hydrogens is 435 g/mol. The van der Waals surface area contributed by atoms with Crippen molar-refractivity contribution in [2.24, 2.45) is 4.99 Å². The molecule has 5 nitrogen and oxygen atoms in total. The Balaban J connectivity index is 0.00000288. The number of hydrogen-bond donors (Lipinski definition) is 2. The van der Waals surface area contributed by atoms with Crippen molar-refractivity contribution in [1.29, 1.82) is 0 Å². The van der Waals surface area contributed by atoms with Crippen LogP contribution in [0.5, 0.6) is 0 Å². The van der Waals surface area contributed by atoms with Crippen molar-refractivity contribution in [3.05, 3.63) is 38.9 Å². The minimum atomic E-state index is 0. The number of aliphatic imine (C=N–C) groups is 1. The van der Waals surface area contributed by atoms with Crippen LogP contribution in [0.1, 0.15) is 48.2 Å². The fourth-order valence-electron chi connectivity index (χ4n) is 2.37. The zero-order valence-corrected chi connectivity index (χ0v) is 18.0. The summed E-state index contributed by atoms with van der Waals surface area (Å²) in [6.07, 6.45) is 1.71. The molecule has 2 N–H and O–H groups in total. The highest BCUT2D eigenvalue weighted by molar-refractivity contribution is 14.0. The second-order valence-corrected chi connectivity index (χ2v) is 6.31. The molecule has 0 saturated carbocycles. The SMILES string of the molecule is CCNC(=NCc1c(CC)noc1CC)NCc1sccc1C.I. The molecule has 0 aromatic carbocycles. The Morgan fingerprint density at radius 3 is 2.62 bits per heavy atom. The van der Waals surface area contributed by atoms with Crippen LogP contribution >= 0.6 is 35.3 Å². The molecule has 0 bridgehead atoms. The van der Waals surface area contributed by atoms with Gasteiger partial charge in [-0.2, -0.15) is 0 Å². The number of hydrogen-bond acceptors (Lipinski definition) is 4. The molecule has 0 radical (unpaired) electrons. The number of nitrogens with zero attached hydrogens (tertiary/aromatic N) is 2. The zero-order valence-electron chi connectivity index (χ0n) is 14.8.